The van der Waals surface area contributed by atoms with Gasteiger partial charge in [-0.1, -0.05) is 26.8 Å². The molecule has 6 nitrogen and oxygen atoms in total. The standard InChI is InChI=1S/C22H20FN5O/c1-22(2,3)16-7-15-12-26-28(21(29)20(15)19(23)8-16)18-6-4-5-17(9-18)27-13-14(10-24)11-25-27/h4-6,8-9,11-13,16H,7H2,1-3H3. The van der Waals surface area contributed by atoms with Crippen LogP contribution >= 0.6 is 0 Å². The van der Waals surface area contributed by atoms with Crippen LogP contribution in [0.2, 0.25) is 0 Å². The summed E-state index contributed by atoms with van der Waals surface area (Å²) in [6.07, 6.45) is 6.77. The molecule has 1 aliphatic rings. The Morgan fingerprint density at radius 2 is 1.97 bits per heavy atom. The zero-order valence-electron chi connectivity index (χ0n) is 16.4. The molecule has 2 aromatic heterocycles. The Hall–Kier alpha value is -3.53. The van der Waals surface area contributed by atoms with Gasteiger partial charge in [0.25, 0.3) is 5.56 Å². The van der Waals surface area contributed by atoms with Crippen molar-refractivity contribution in [2.24, 2.45) is 11.3 Å². The molecule has 0 radical (unpaired) electrons. The molecule has 0 amide bonds. The quantitative estimate of drug-likeness (QED) is 0.668. The molecule has 4 rings (SSSR count). The van der Waals surface area contributed by atoms with Crippen molar-refractivity contribution in [2.45, 2.75) is 27.2 Å². The first kappa shape index (κ1) is 18.8. The predicted octanol–water partition coefficient (Wildman–Crippen LogP) is 3.82. The number of fused-ring (bicyclic) bond motifs is 1. The van der Waals surface area contributed by atoms with Crippen molar-refractivity contribution in [3.05, 3.63) is 76.0 Å². The molecular formula is C22H20FN5O. The van der Waals surface area contributed by atoms with Gasteiger partial charge in [-0.3, -0.25) is 4.79 Å². The molecule has 0 aliphatic heterocycles. The highest BCUT2D eigenvalue weighted by Crippen LogP contribution is 2.37. The number of nitriles is 1. The van der Waals surface area contributed by atoms with E-state index in [-0.39, 0.29) is 16.9 Å². The largest absolute Gasteiger partial charge is 0.282 e. The van der Waals surface area contributed by atoms with Crippen molar-refractivity contribution in [2.75, 3.05) is 0 Å². The first-order chi connectivity index (χ1) is 13.8. The fourth-order valence-corrected chi connectivity index (χ4v) is 3.48. The van der Waals surface area contributed by atoms with Crippen molar-refractivity contribution >= 4 is 5.83 Å². The minimum Gasteiger partial charge on any atom is -0.267 e. The van der Waals surface area contributed by atoms with E-state index in [2.05, 4.69) is 31.0 Å². The maximum absolute atomic E-state index is 14.9. The maximum Gasteiger partial charge on any atom is 0.282 e. The van der Waals surface area contributed by atoms with E-state index in [9.17, 15) is 9.18 Å². The van der Waals surface area contributed by atoms with Crippen LogP contribution in [0.3, 0.4) is 0 Å². The van der Waals surface area contributed by atoms with Crippen LogP contribution in [-0.2, 0) is 6.42 Å². The first-order valence-electron chi connectivity index (χ1n) is 9.32. The summed E-state index contributed by atoms with van der Waals surface area (Å²) in [6, 6.07) is 9.03. The lowest BCUT2D eigenvalue weighted by Gasteiger charge is -2.31. The highest BCUT2D eigenvalue weighted by atomic mass is 19.1. The van der Waals surface area contributed by atoms with Crippen LogP contribution in [0.15, 0.2) is 53.7 Å². The summed E-state index contributed by atoms with van der Waals surface area (Å²) in [6.45, 7) is 6.17. The van der Waals surface area contributed by atoms with Crippen LogP contribution in [-0.4, -0.2) is 19.6 Å². The molecule has 7 heteroatoms. The summed E-state index contributed by atoms with van der Waals surface area (Å²) in [7, 11) is 0. The van der Waals surface area contributed by atoms with Gasteiger partial charge in [0.15, 0.2) is 0 Å². The van der Waals surface area contributed by atoms with E-state index in [1.54, 1.807) is 47.4 Å². The molecule has 29 heavy (non-hydrogen) atoms. The summed E-state index contributed by atoms with van der Waals surface area (Å²) in [5, 5.41) is 17.4. The normalized spacial score (nSPS) is 16.1. The molecule has 3 aromatic rings. The zero-order chi connectivity index (χ0) is 20.8. The minimum absolute atomic E-state index is 0.00419. The Balaban J connectivity index is 1.78. The number of benzene rings is 1. The molecule has 1 unspecified atom stereocenters. The summed E-state index contributed by atoms with van der Waals surface area (Å²) in [5.74, 6) is -0.487. The van der Waals surface area contributed by atoms with E-state index < -0.39 is 11.4 Å². The van der Waals surface area contributed by atoms with Crippen LogP contribution in [0, 0.1) is 22.7 Å². The second-order valence-corrected chi connectivity index (χ2v) is 8.26. The van der Waals surface area contributed by atoms with Gasteiger partial charge in [-0.2, -0.15) is 20.1 Å². The smallest absolute Gasteiger partial charge is 0.267 e. The van der Waals surface area contributed by atoms with Crippen molar-refractivity contribution in [3.8, 4) is 17.4 Å². The Kier molecular flexibility index (Phi) is 4.42. The van der Waals surface area contributed by atoms with Gasteiger partial charge in [0.05, 0.1) is 34.9 Å². The molecule has 0 saturated carbocycles. The lowest BCUT2D eigenvalue weighted by atomic mass is 9.74. The number of rotatable bonds is 2. The third kappa shape index (κ3) is 3.38. The minimum atomic E-state index is -0.491. The van der Waals surface area contributed by atoms with Gasteiger partial charge in [0.2, 0.25) is 0 Å². The van der Waals surface area contributed by atoms with Gasteiger partial charge >= 0.3 is 0 Å². The van der Waals surface area contributed by atoms with Crippen molar-refractivity contribution in [1.29, 1.82) is 5.26 Å². The average molecular weight is 389 g/mol. The van der Waals surface area contributed by atoms with Crippen LogP contribution in [0.25, 0.3) is 17.2 Å². The number of halogens is 1. The molecule has 2 heterocycles. The summed E-state index contributed by atoms with van der Waals surface area (Å²) >= 11 is 0. The van der Waals surface area contributed by atoms with Gasteiger partial charge in [0, 0.05) is 6.20 Å². The summed E-state index contributed by atoms with van der Waals surface area (Å²) in [4.78, 5) is 13.0. The molecule has 1 aliphatic carbocycles. The number of allylic oxidation sites excluding steroid dienone is 1. The van der Waals surface area contributed by atoms with Crippen molar-refractivity contribution < 1.29 is 4.39 Å². The van der Waals surface area contributed by atoms with E-state index in [1.165, 1.54) is 10.9 Å². The second-order valence-electron chi connectivity index (χ2n) is 8.26. The highest BCUT2D eigenvalue weighted by molar-refractivity contribution is 5.64. The van der Waals surface area contributed by atoms with Gasteiger partial charge in [-0.25, -0.2) is 9.07 Å². The van der Waals surface area contributed by atoms with E-state index in [1.807, 2.05) is 6.07 Å². The summed E-state index contributed by atoms with van der Waals surface area (Å²) in [5.41, 5.74) is 1.71. The van der Waals surface area contributed by atoms with Gasteiger partial charge in [0.1, 0.15) is 11.9 Å². The average Bonchev–Trinajstić information content (AvgIpc) is 3.16. The third-order valence-corrected chi connectivity index (χ3v) is 5.25. The maximum atomic E-state index is 14.9. The van der Waals surface area contributed by atoms with E-state index in [0.29, 0.717) is 28.9 Å². The van der Waals surface area contributed by atoms with E-state index >= 15 is 0 Å². The van der Waals surface area contributed by atoms with Crippen molar-refractivity contribution in [3.63, 3.8) is 0 Å². The Morgan fingerprint density at radius 1 is 1.21 bits per heavy atom. The van der Waals surface area contributed by atoms with Crippen molar-refractivity contribution in [1.82, 2.24) is 19.6 Å². The fraction of sp³-hybridized carbons (Fsp3) is 0.273. The fourth-order valence-electron chi connectivity index (χ4n) is 3.48. The molecule has 146 valence electrons. The van der Waals surface area contributed by atoms with Gasteiger partial charge in [-0.05, 0) is 47.6 Å². The monoisotopic (exact) mass is 389 g/mol. The molecule has 0 spiro atoms. The predicted molar refractivity (Wildman–Crippen MR) is 107 cm³/mol. The first-order valence-corrected chi connectivity index (χ1v) is 9.32. The van der Waals surface area contributed by atoms with E-state index in [4.69, 9.17) is 5.26 Å². The van der Waals surface area contributed by atoms with Gasteiger partial charge < -0.3 is 0 Å². The van der Waals surface area contributed by atoms with Gasteiger partial charge in [-0.15, -0.1) is 0 Å². The number of hydrogen-bond donors (Lipinski definition) is 0. The molecule has 0 fully saturated rings. The molecule has 0 saturated heterocycles. The Morgan fingerprint density at radius 3 is 2.66 bits per heavy atom. The second kappa shape index (κ2) is 6.82. The SMILES string of the molecule is CC(C)(C)C1C=C(F)c2c(cnn(-c3cccc(-n4cc(C#N)cn4)c3)c2=O)C1. The number of aromatic nitrogens is 4. The molecule has 1 atom stereocenters. The molecular weight excluding hydrogens is 369 g/mol. The van der Waals surface area contributed by atoms with Crippen LogP contribution in [0.1, 0.15) is 37.5 Å². The number of nitrogens with zero attached hydrogens (tertiary/aromatic N) is 5. The topological polar surface area (TPSA) is 76.5 Å². The summed E-state index contributed by atoms with van der Waals surface area (Å²) < 4.78 is 17.6. The highest BCUT2D eigenvalue weighted by Gasteiger charge is 2.31. The third-order valence-electron chi connectivity index (χ3n) is 5.25. The molecule has 0 bridgehead atoms. The zero-order valence-corrected chi connectivity index (χ0v) is 16.4. The molecule has 1 aromatic carbocycles. The Bertz CT molecular complexity index is 1220. The number of hydrogen-bond acceptors (Lipinski definition) is 4. The lowest BCUT2D eigenvalue weighted by Crippen LogP contribution is -2.31. The Labute approximate surface area is 167 Å². The van der Waals surface area contributed by atoms with Crippen LogP contribution < -0.4 is 5.56 Å². The van der Waals surface area contributed by atoms with Crippen LogP contribution in [0.5, 0.6) is 0 Å². The van der Waals surface area contributed by atoms with E-state index in [0.717, 1.165) is 0 Å². The lowest BCUT2D eigenvalue weighted by molar-refractivity contribution is 0.287. The molecule has 0 N–H and O–H groups in total. The van der Waals surface area contributed by atoms with Crippen LogP contribution in [0.4, 0.5) is 4.39 Å².